The largest absolute Gasteiger partial charge is 0.370 e. The van der Waals surface area contributed by atoms with Gasteiger partial charge in [0.05, 0.1) is 0 Å². The zero-order chi connectivity index (χ0) is 14.0. The Kier molecular flexibility index (Phi) is 4.72. The second-order valence-corrected chi connectivity index (χ2v) is 6.18. The van der Waals surface area contributed by atoms with Gasteiger partial charge >= 0.3 is 0 Å². The van der Waals surface area contributed by atoms with Crippen LogP contribution in [-0.2, 0) is 0 Å². The molecular formula is C16H23ClFN. The van der Waals surface area contributed by atoms with Gasteiger partial charge in [0.1, 0.15) is 5.82 Å². The standard InChI is InChI=1S/C13H15ClFN.C3H8/c1-8-6-16(7-9-2-3-9)12-5-10(15)4-11(14)13(8)12;1-3-2/h4-5,8-9H,2-3,6-7H2,1H3;3H2,1-2H3. The van der Waals surface area contributed by atoms with Crippen LogP contribution >= 0.6 is 11.6 Å². The molecule has 0 saturated heterocycles. The fourth-order valence-corrected chi connectivity index (χ4v) is 3.01. The Balaban J connectivity index is 0.000000408. The normalized spacial score (nSPS) is 20.9. The molecule has 1 aromatic rings. The Morgan fingerprint density at radius 2 is 1.95 bits per heavy atom. The van der Waals surface area contributed by atoms with Gasteiger partial charge < -0.3 is 4.90 Å². The molecule has 1 nitrogen and oxygen atoms in total. The first-order chi connectivity index (χ1) is 9.06. The van der Waals surface area contributed by atoms with Crippen LogP contribution in [0.15, 0.2) is 12.1 Å². The van der Waals surface area contributed by atoms with E-state index in [2.05, 4.69) is 25.7 Å². The Morgan fingerprint density at radius 3 is 2.53 bits per heavy atom. The van der Waals surface area contributed by atoms with Crippen LogP contribution in [0.4, 0.5) is 10.1 Å². The van der Waals surface area contributed by atoms with Crippen molar-refractivity contribution in [3.63, 3.8) is 0 Å². The van der Waals surface area contributed by atoms with Crippen LogP contribution in [-0.4, -0.2) is 13.1 Å². The van der Waals surface area contributed by atoms with Crippen LogP contribution in [0, 0.1) is 11.7 Å². The molecule has 1 unspecified atom stereocenters. The molecule has 0 bridgehead atoms. The van der Waals surface area contributed by atoms with Crippen LogP contribution < -0.4 is 4.90 Å². The lowest BCUT2D eigenvalue weighted by Crippen LogP contribution is -2.23. The number of hydrogen-bond donors (Lipinski definition) is 0. The van der Waals surface area contributed by atoms with E-state index in [1.165, 1.54) is 25.3 Å². The summed E-state index contributed by atoms with van der Waals surface area (Å²) in [6.45, 7) is 8.46. The fraction of sp³-hybridized carbons (Fsp3) is 0.625. The molecule has 0 aromatic heterocycles. The molecule has 0 radical (unpaired) electrons. The summed E-state index contributed by atoms with van der Waals surface area (Å²) in [5.41, 5.74) is 2.15. The first kappa shape index (κ1) is 14.6. The van der Waals surface area contributed by atoms with E-state index < -0.39 is 0 Å². The minimum atomic E-state index is -0.223. The van der Waals surface area contributed by atoms with Crippen molar-refractivity contribution in [1.29, 1.82) is 0 Å². The summed E-state index contributed by atoms with van der Waals surface area (Å²) < 4.78 is 13.4. The van der Waals surface area contributed by atoms with E-state index in [1.807, 2.05) is 0 Å². The predicted octanol–water partition coefficient (Wildman–Crippen LogP) is 5.23. The number of nitrogens with zero attached hydrogens (tertiary/aromatic N) is 1. The Hall–Kier alpha value is -0.760. The molecule has 0 amide bonds. The van der Waals surface area contributed by atoms with Crippen molar-refractivity contribution in [3.05, 3.63) is 28.5 Å². The molecule has 3 heteroatoms. The minimum Gasteiger partial charge on any atom is -0.370 e. The fourth-order valence-electron chi connectivity index (χ4n) is 2.63. The van der Waals surface area contributed by atoms with Crippen LogP contribution in [0.25, 0.3) is 0 Å². The van der Waals surface area contributed by atoms with Crippen molar-refractivity contribution in [2.24, 2.45) is 5.92 Å². The van der Waals surface area contributed by atoms with Gasteiger partial charge in [0.15, 0.2) is 0 Å². The maximum Gasteiger partial charge on any atom is 0.126 e. The summed E-state index contributed by atoms with van der Waals surface area (Å²) in [6.07, 6.45) is 3.90. The predicted molar refractivity (Wildman–Crippen MR) is 80.7 cm³/mol. The second kappa shape index (κ2) is 6.13. The number of rotatable bonds is 2. The highest BCUT2D eigenvalue weighted by atomic mass is 35.5. The van der Waals surface area contributed by atoms with Gasteiger partial charge in [-0.25, -0.2) is 4.39 Å². The van der Waals surface area contributed by atoms with Gasteiger partial charge in [0.2, 0.25) is 0 Å². The van der Waals surface area contributed by atoms with Crippen molar-refractivity contribution in [2.75, 3.05) is 18.0 Å². The number of fused-ring (bicyclic) bond motifs is 1. The van der Waals surface area contributed by atoms with Gasteiger partial charge in [0, 0.05) is 29.7 Å². The highest BCUT2D eigenvalue weighted by Gasteiger charge is 2.32. The van der Waals surface area contributed by atoms with Gasteiger partial charge in [-0.1, -0.05) is 38.8 Å². The summed E-state index contributed by atoms with van der Waals surface area (Å²) in [6, 6.07) is 3.06. The van der Waals surface area contributed by atoms with Crippen LogP contribution in [0.3, 0.4) is 0 Å². The van der Waals surface area contributed by atoms with Crippen LogP contribution in [0.1, 0.15) is 51.5 Å². The third-order valence-corrected chi connectivity index (χ3v) is 3.89. The quantitative estimate of drug-likeness (QED) is 0.718. The third kappa shape index (κ3) is 3.42. The molecule has 0 spiro atoms. The maximum atomic E-state index is 13.4. The Morgan fingerprint density at radius 1 is 1.32 bits per heavy atom. The monoisotopic (exact) mass is 283 g/mol. The van der Waals surface area contributed by atoms with Gasteiger partial charge in [0.25, 0.3) is 0 Å². The highest BCUT2D eigenvalue weighted by molar-refractivity contribution is 6.32. The topological polar surface area (TPSA) is 3.24 Å². The smallest absolute Gasteiger partial charge is 0.126 e. The lowest BCUT2D eigenvalue weighted by molar-refractivity contribution is 0.627. The van der Waals surface area contributed by atoms with Crippen LogP contribution in [0.2, 0.25) is 5.02 Å². The van der Waals surface area contributed by atoms with Gasteiger partial charge in [-0.2, -0.15) is 0 Å². The van der Waals surface area contributed by atoms with Gasteiger partial charge in [-0.15, -0.1) is 0 Å². The molecule has 106 valence electrons. The molecule has 1 aromatic carbocycles. The van der Waals surface area contributed by atoms with E-state index in [4.69, 9.17) is 11.6 Å². The van der Waals surface area contributed by atoms with E-state index in [0.29, 0.717) is 10.9 Å². The van der Waals surface area contributed by atoms with Crippen LogP contribution in [0.5, 0.6) is 0 Å². The molecule has 1 aliphatic heterocycles. The third-order valence-electron chi connectivity index (χ3n) is 3.58. The summed E-state index contributed by atoms with van der Waals surface area (Å²) >= 11 is 6.12. The summed E-state index contributed by atoms with van der Waals surface area (Å²) in [5.74, 6) is 1.01. The van der Waals surface area contributed by atoms with E-state index in [9.17, 15) is 4.39 Å². The lowest BCUT2D eigenvalue weighted by Gasteiger charge is -2.19. The van der Waals surface area contributed by atoms with Gasteiger partial charge in [-0.05, 0) is 36.5 Å². The number of hydrogen-bond acceptors (Lipinski definition) is 1. The Bertz CT molecular complexity index is 443. The number of anilines is 1. The zero-order valence-electron chi connectivity index (χ0n) is 12.0. The summed E-state index contributed by atoms with van der Waals surface area (Å²) in [7, 11) is 0. The highest BCUT2D eigenvalue weighted by Crippen LogP contribution is 2.43. The minimum absolute atomic E-state index is 0.223. The second-order valence-electron chi connectivity index (χ2n) is 5.78. The zero-order valence-corrected chi connectivity index (χ0v) is 12.8. The van der Waals surface area contributed by atoms with E-state index >= 15 is 0 Å². The molecule has 1 fully saturated rings. The summed E-state index contributed by atoms with van der Waals surface area (Å²) in [5, 5.41) is 0.584. The molecule has 0 N–H and O–H groups in total. The molecule has 1 aliphatic carbocycles. The molecule has 1 saturated carbocycles. The molecular weight excluding hydrogens is 261 g/mol. The first-order valence-electron chi connectivity index (χ1n) is 7.30. The van der Waals surface area contributed by atoms with Crippen molar-refractivity contribution < 1.29 is 4.39 Å². The number of halogens is 2. The molecule has 2 aliphatic rings. The average molecular weight is 284 g/mol. The lowest BCUT2D eigenvalue weighted by atomic mass is 10.0. The molecule has 19 heavy (non-hydrogen) atoms. The van der Waals surface area contributed by atoms with Crippen molar-refractivity contribution >= 4 is 17.3 Å². The molecule has 1 heterocycles. The van der Waals surface area contributed by atoms with Crippen molar-refractivity contribution in [3.8, 4) is 0 Å². The van der Waals surface area contributed by atoms with E-state index in [1.54, 1.807) is 6.07 Å². The van der Waals surface area contributed by atoms with Crippen molar-refractivity contribution in [2.45, 2.75) is 46.0 Å². The first-order valence-corrected chi connectivity index (χ1v) is 7.68. The molecule has 3 rings (SSSR count). The molecule has 1 atom stereocenters. The SMILES string of the molecule is CC1CN(CC2CC2)c2cc(F)cc(Cl)c21.CCC. The number of benzene rings is 1. The van der Waals surface area contributed by atoms with E-state index in [0.717, 1.165) is 30.3 Å². The maximum absolute atomic E-state index is 13.4. The average Bonchev–Trinajstić information content (AvgIpc) is 3.06. The summed E-state index contributed by atoms with van der Waals surface area (Å²) in [4.78, 5) is 2.30. The Labute approximate surface area is 120 Å². The van der Waals surface area contributed by atoms with Gasteiger partial charge in [-0.3, -0.25) is 0 Å². The van der Waals surface area contributed by atoms with Crippen molar-refractivity contribution in [1.82, 2.24) is 0 Å². The van der Waals surface area contributed by atoms with E-state index in [-0.39, 0.29) is 5.82 Å².